The number of hydrogen-bond donors (Lipinski definition) is 1. The van der Waals surface area contributed by atoms with E-state index >= 15 is 0 Å². The van der Waals surface area contributed by atoms with Crippen LogP contribution in [-0.4, -0.2) is 43.6 Å². The minimum atomic E-state index is -0.363. The van der Waals surface area contributed by atoms with Gasteiger partial charge in [-0.1, -0.05) is 36.4 Å². The molecule has 0 unspecified atom stereocenters. The number of hydrogen-bond acceptors (Lipinski definition) is 5. The van der Waals surface area contributed by atoms with Gasteiger partial charge in [0.05, 0.1) is 25.3 Å². The van der Waals surface area contributed by atoms with E-state index in [2.05, 4.69) is 5.32 Å². The van der Waals surface area contributed by atoms with Gasteiger partial charge < -0.3 is 14.8 Å². The Morgan fingerprint density at radius 3 is 2.48 bits per heavy atom. The molecular formula is C21H22N2O4. The maximum atomic E-state index is 12.9. The van der Waals surface area contributed by atoms with Crippen molar-refractivity contribution in [2.24, 2.45) is 0 Å². The Labute approximate surface area is 158 Å². The smallest absolute Gasteiger partial charge is 0.278 e. The molecule has 1 aliphatic heterocycles. The predicted molar refractivity (Wildman–Crippen MR) is 103 cm³/mol. The molecule has 0 aliphatic carbocycles. The number of rotatable bonds is 8. The van der Waals surface area contributed by atoms with Crippen LogP contribution < -0.4 is 10.1 Å². The fourth-order valence-electron chi connectivity index (χ4n) is 2.92. The summed E-state index contributed by atoms with van der Waals surface area (Å²) in [6.07, 6.45) is 0. The van der Waals surface area contributed by atoms with Crippen LogP contribution in [0, 0.1) is 0 Å². The Morgan fingerprint density at radius 1 is 1.00 bits per heavy atom. The van der Waals surface area contributed by atoms with E-state index < -0.39 is 0 Å². The quantitative estimate of drug-likeness (QED) is 0.728. The lowest BCUT2D eigenvalue weighted by Gasteiger charge is -2.14. The van der Waals surface area contributed by atoms with E-state index in [0.29, 0.717) is 29.2 Å². The van der Waals surface area contributed by atoms with Crippen LogP contribution in [0.1, 0.15) is 12.5 Å². The zero-order valence-corrected chi connectivity index (χ0v) is 15.4. The molecule has 6 nitrogen and oxygen atoms in total. The van der Waals surface area contributed by atoms with Crippen molar-refractivity contribution >= 4 is 23.1 Å². The summed E-state index contributed by atoms with van der Waals surface area (Å²) < 4.78 is 10.5. The molecule has 27 heavy (non-hydrogen) atoms. The SMILES string of the molecule is CCOc1cccc(NC2=C(c3ccccc3)C(=O)N(CCOC)C2=O)c1. The number of benzene rings is 2. The van der Waals surface area contributed by atoms with Crippen LogP contribution in [-0.2, 0) is 14.3 Å². The number of imide groups is 1. The summed E-state index contributed by atoms with van der Waals surface area (Å²) in [7, 11) is 1.54. The van der Waals surface area contributed by atoms with Gasteiger partial charge in [0.15, 0.2) is 0 Å². The molecule has 0 aromatic heterocycles. The van der Waals surface area contributed by atoms with Crippen molar-refractivity contribution < 1.29 is 19.1 Å². The minimum Gasteiger partial charge on any atom is -0.494 e. The molecule has 1 N–H and O–H groups in total. The molecule has 0 bridgehead atoms. The van der Waals surface area contributed by atoms with E-state index in [0.717, 1.165) is 0 Å². The van der Waals surface area contributed by atoms with Crippen molar-refractivity contribution in [1.82, 2.24) is 4.90 Å². The number of methoxy groups -OCH3 is 1. The van der Waals surface area contributed by atoms with E-state index in [4.69, 9.17) is 9.47 Å². The van der Waals surface area contributed by atoms with Crippen LogP contribution in [0.3, 0.4) is 0 Å². The predicted octanol–water partition coefficient (Wildman–Crippen LogP) is 2.92. The van der Waals surface area contributed by atoms with Crippen LogP contribution in [0.2, 0.25) is 0 Å². The lowest BCUT2D eigenvalue weighted by atomic mass is 10.0. The first kappa shape index (κ1) is 18.7. The highest BCUT2D eigenvalue weighted by Crippen LogP contribution is 2.31. The fraction of sp³-hybridized carbons (Fsp3) is 0.238. The number of anilines is 1. The van der Waals surface area contributed by atoms with Gasteiger partial charge in [0.2, 0.25) is 0 Å². The van der Waals surface area contributed by atoms with Crippen LogP contribution in [0.5, 0.6) is 5.75 Å². The van der Waals surface area contributed by atoms with Crippen molar-refractivity contribution in [3.63, 3.8) is 0 Å². The number of carbonyl (C=O) groups is 2. The van der Waals surface area contributed by atoms with Crippen molar-refractivity contribution in [3.05, 3.63) is 65.9 Å². The van der Waals surface area contributed by atoms with Gasteiger partial charge >= 0.3 is 0 Å². The number of ether oxygens (including phenoxy) is 2. The topological polar surface area (TPSA) is 67.9 Å². The number of carbonyl (C=O) groups excluding carboxylic acids is 2. The monoisotopic (exact) mass is 366 g/mol. The van der Waals surface area contributed by atoms with Crippen LogP contribution in [0.4, 0.5) is 5.69 Å². The summed E-state index contributed by atoms with van der Waals surface area (Å²) in [6.45, 7) is 2.94. The highest BCUT2D eigenvalue weighted by atomic mass is 16.5. The average Bonchev–Trinajstić information content (AvgIpc) is 2.91. The number of amides is 2. The number of nitrogens with one attached hydrogen (secondary N) is 1. The van der Waals surface area contributed by atoms with Gasteiger partial charge in [-0.05, 0) is 24.6 Å². The van der Waals surface area contributed by atoms with Gasteiger partial charge in [0.25, 0.3) is 11.8 Å². The molecule has 0 saturated carbocycles. The van der Waals surface area contributed by atoms with Crippen molar-refractivity contribution in [2.75, 3.05) is 32.2 Å². The molecule has 0 radical (unpaired) electrons. The third kappa shape index (κ3) is 4.01. The normalized spacial score (nSPS) is 14.1. The molecule has 0 atom stereocenters. The molecule has 0 saturated heterocycles. The first-order chi connectivity index (χ1) is 13.2. The summed E-state index contributed by atoms with van der Waals surface area (Å²) in [4.78, 5) is 27.0. The second kappa shape index (κ2) is 8.51. The first-order valence-electron chi connectivity index (χ1n) is 8.80. The highest BCUT2D eigenvalue weighted by Gasteiger charge is 2.38. The molecule has 2 aromatic carbocycles. The van der Waals surface area contributed by atoms with E-state index in [1.54, 1.807) is 6.07 Å². The minimum absolute atomic E-state index is 0.203. The second-order valence-electron chi connectivity index (χ2n) is 5.96. The lowest BCUT2D eigenvalue weighted by molar-refractivity contribution is -0.137. The Kier molecular flexibility index (Phi) is 5.88. The fourth-order valence-corrected chi connectivity index (χ4v) is 2.92. The van der Waals surface area contributed by atoms with E-state index in [-0.39, 0.29) is 30.7 Å². The van der Waals surface area contributed by atoms with Crippen LogP contribution in [0.15, 0.2) is 60.3 Å². The molecule has 140 valence electrons. The van der Waals surface area contributed by atoms with Crippen molar-refractivity contribution in [3.8, 4) is 5.75 Å². The van der Waals surface area contributed by atoms with E-state index in [9.17, 15) is 9.59 Å². The molecule has 0 fully saturated rings. The van der Waals surface area contributed by atoms with E-state index in [1.165, 1.54) is 12.0 Å². The summed E-state index contributed by atoms with van der Waals surface area (Å²) in [5.74, 6) is 0.00167. The zero-order chi connectivity index (χ0) is 19.2. The van der Waals surface area contributed by atoms with Gasteiger partial charge in [0.1, 0.15) is 11.4 Å². The van der Waals surface area contributed by atoms with Gasteiger partial charge in [-0.3, -0.25) is 14.5 Å². The van der Waals surface area contributed by atoms with Gasteiger partial charge in [0, 0.05) is 18.9 Å². The van der Waals surface area contributed by atoms with Gasteiger partial charge in [-0.2, -0.15) is 0 Å². The van der Waals surface area contributed by atoms with Gasteiger partial charge in [-0.25, -0.2) is 0 Å². The maximum Gasteiger partial charge on any atom is 0.278 e. The summed E-state index contributed by atoms with van der Waals surface area (Å²) >= 11 is 0. The maximum absolute atomic E-state index is 12.9. The second-order valence-corrected chi connectivity index (χ2v) is 5.96. The molecular weight excluding hydrogens is 344 g/mol. The van der Waals surface area contributed by atoms with Crippen molar-refractivity contribution in [1.29, 1.82) is 0 Å². The van der Waals surface area contributed by atoms with Crippen molar-refractivity contribution in [2.45, 2.75) is 6.92 Å². The largest absolute Gasteiger partial charge is 0.494 e. The zero-order valence-electron chi connectivity index (χ0n) is 15.4. The molecule has 1 heterocycles. The molecule has 0 spiro atoms. The van der Waals surface area contributed by atoms with Crippen LogP contribution in [0.25, 0.3) is 5.57 Å². The highest BCUT2D eigenvalue weighted by molar-refractivity contribution is 6.36. The molecule has 1 aliphatic rings. The van der Waals surface area contributed by atoms with Gasteiger partial charge in [-0.15, -0.1) is 0 Å². The summed E-state index contributed by atoms with van der Waals surface area (Å²) in [6, 6.07) is 16.5. The molecule has 2 amide bonds. The molecule has 2 aromatic rings. The van der Waals surface area contributed by atoms with E-state index in [1.807, 2.05) is 55.5 Å². The average molecular weight is 366 g/mol. The third-order valence-corrected chi connectivity index (χ3v) is 4.16. The first-order valence-corrected chi connectivity index (χ1v) is 8.80. The standard InChI is InChI=1S/C21H22N2O4/c1-3-27-17-11-7-10-16(14-17)22-19-18(15-8-5-4-6-9-15)20(24)23(21(19)25)12-13-26-2/h4-11,14,22H,3,12-13H2,1-2H3. The van der Waals surface area contributed by atoms with Crippen LogP contribution >= 0.6 is 0 Å². The Hall–Kier alpha value is -3.12. The molecule has 3 rings (SSSR count). The Morgan fingerprint density at radius 2 is 1.78 bits per heavy atom. The Bertz CT molecular complexity index is 861. The lowest BCUT2D eigenvalue weighted by Crippen LogP contribution is -2.35. The summed E-state index contributed by atoms with van der Waals surface area (Å²) in [5, 5.41) is 3.12. The Balaban J connectivity index is 1.98. The number of nitrogens with zero attached hydrogens (tertiary/aromatic N) is 1. The molecule has 6 heteroatoms. The summed E-state index contributed by atoms with van der Waals surface area (Å²) in [5.41, 5.74) is 1.99. The third-order valence-electron chi connectivity index (χ3n) is 4.16.